The maximum atomic E-state index is 5.86. The zero-order valence-electron chi connectivity index (χ0n) is 10.3. The van der Waals surface area contributed by atoms with Crippen molar-refractivity contribution >= 4 is 21.9 Å². The summed E-state index contributed by atoms with van der Waals surface area (Å²) in [7, 11) is 0. The predicted molar refractivity (Wildman–Crippen MR) is 77.7 cm³/mol. The number of rotatable bonds is 3. The number of hydrogen-bond acceptors (Lipinski definition) is 1. The van der Waals surface area contributed by atoms with Crippen LogP contribution in [0.1, 0.15) is 37.2 Å². The van der Waals surface area contributed by atoms with Crippen molar-refractivity contribution in [2.75, 3.05) is 0 Å². The van der Waals surface area contributed by atoms with Crippen LogP contribution >= 0.6 is 15.9 Å². The van der Waals surface area contributed by atoms with Crippen LogP contribution in [0.3, 0.4) is 0 Å². The molecule has 1 aromatic rings. The Hall–Kier alpha value is -1.03. The number of nitrogens with zero attached hydrogens (tertiary/aromatic N) is 1. The second-order valence-corrected chi connectivity index (χ2v) is 6.22. The SMILES string of the molecule is NC(=NC1CC1)NC1CC(c2ccc(Br)cc2)C1. The average Bonchev–Trinajstić information content (AvgIpc) is 3.08. The van der Waals surface area contributed by atoms with Crippen LogP contribution in [0.15, 0.2) is 33.7 Å². The van der Waals surface area contributed by atoms with Crippen LogP contribution in [-0.2, 0) is 0 Å². The summed E-state index contributed by atoms with van der Waals surface area (Å²) < 4.78 is 1.14. The molecule has 3 N–H and O–H groups in total. The molecule has 0 spiro atoms. The highest BCUT2D eigenvalue weighted by molar-refractivity contribution is 9.10. The van der Waals surface area contributed by atoms with E-state index in [-0.39, 0.29) is 0 Å². The van der Waals surface area contributed by atoms with E-state index in [9.17, 15) is 0 Å². The molecule has 0 saturated heterocycles. The Morgan fingerprint density at radius 1 is 1.22 bits per heavy atom. The van der Waals surface area contributed by atoms with Crippen LogP contribution < -0.4 is 11.1 Å². The smallest absolute Gasteiger partial charge is 0.189 e. The summed E-state index contributed by atoms with van der Waals surface area (Å²) in [5, 5.41) is 3.32. The Morgan fingerprint density at radius 2 is 1.89 bits per heavy atom. The van der Waals surface area contributed by atoms with E-state index in [1.165, 1.54) is 18.4 Å². The fraction of sp³-hybridized carbons (Fsp3) is 0.500. The van der Waals surface area contributed by atoms with Crippen molar-refractivity contribution < 1.29 is 0 Å². The first-order valence-corrected chi connectivity index (χ1v) is 7.35. The van der Waals surface area contributed by atoms with Gasteiger partial charge in [-0.25, -0.2) is 0 Å². The minimum Gasteiger partial charge on any atom is -0.370 e. The van der Waals surface area contributed by atoms with E-state index in [1.807, 2.05) is 0 Å². The van der Waals surface area contributed by atoms with Crippen molar-refractivity contribution in [3.63, 3.8) is 0 Å². The number of nitrogens with two attached hydrogens (primary N) is 1. The number of guanidine groups is 1. The van der Waals surface area contributed by atoms with Gasteiger partial charge in [-0.2, -0.15) is 0 Å². The standard InChI is InChI=1S/C14H18BrN3/c15-11-3-1-9(2-4-11)10-7-13(8-10)18-14(16)17-12-5-6-12/h1-4,10,12-13H,5-8H2,(H3,16,17,18). The number of benzene rings is 1. The van der Waals surface area contributed by atoms with E-state index in [0.717, 1.165) is 17.3 Å². The molecule has 0 bridgehead atoms. The van der Waals surface area contributed by atoms with Crippen LogP contribution in [0.5, 0.6) is 0 Å². The summed E-state index contributed by atoms with van der Waals surface area (Å²) in [6.07, 6.45) is 4.72. The Morgan fingerprint density at radius 3 is 2.50 bits per heavy atom. The van der Waals surface area contributed by atoms with Crippen molar-refractivity contribution in [1.29, 1.82) is 0 Å². The minimum absolute atomic E-state index is 0.500. The van der Waals surface area contributed by atoms with E-state index in [4.69, 9.17) is 5.73 Å². The lowest BCUT2D eigenvalue weighted by Crippen LogP contribution is -2.46. The third kappa shape index (κ3) is 2.86. The van der Waals surface area contributed by atoms with Gasteiger partial charge in [0.2, 0.25) is 0 Å². The van der Waals surface area contributed by atoms with Crippen molar-refractivity contribution in [2.24, 2.45) is 10.7 Å². The first-order valence-electron chi connectivity index (χ1n) is 6.56. The zero-order valence-corrected chi connectivity index (χ0v) is 11.9. The van der Waals surface area contributed by atoms with Crippen LogP contribution in [0.4, 0.5) is 0 Å². The molecule has 2 aliphatic rings. The molecule has 1 aromatic carbocycles. The normalized spacial score (nSPS) is 27.7. The Labute approximate surface area is 116 Å². The molecule has 0 amide bonds. The van der Waals surface area contributed by atoms with E-state index in [1.54, 1.807) is 0 Å². The predicted octanol–water partition coefficient (Wildman–Crippen LogP) is 2.76. The number of hydrogen-bond donors (Lipinski definition) is 2. The van der Waals surface area contributed by atoms with Gasteiger partial charge in [0.15, 0.2) is 5.96 Å². The van der Waals surface area contributed by atoms with Gasteiger partial charge in [0.1, 0.15) is 0 Å². The summed E-state index contributed by atoms with van der Waals surface area (Å²) in [5.41, 5.74) is 7.29. The molecule has 0 radical (unpaired) electrons. The second-order valence-electron chi connectivity index (χ2n) is 5.31. The molecule has 3 nitrogen and oxygen atoms in total. The number of nitrogens with one attached hydrogen (secondary N) is 1. The molecule has 4 heteroatoms. The molecule has 0 atom stereocenters. The van der Waals surface area contributed by atoms with Crippen molar-refractivity contribution in [1.82, 2.24) is 5.32 Å². The van der Waals surface area contributed by atoms with E-state index in [0.29, 0.717) is 24.0 Å². The molecular weight excluding hydrogens is 290 g/mol. The van der Waals surface area contributed by atoms with Crippen LogP contribution in [0, 0.1) is 0 Å². The monoisotopic (exact) mass is 307 g/mol. The van der Waals surface area contributed by atoms with Gasteiger partial charge in [0.05, 0.1) is 6.04 Å². The molecule has 18 heavy (non-hydrogen) atoms. The molecule has 0 aromatic heterocycles. The molecule has 3 rings (SSSR count). The molecule has 2 aliphatic carbocycles. The maximum Gasteiger partial charge on any atom is 0.189 e. The highest BCUT2D eigenvalue weighted by Crippen LogP contribution is 2.37. The Kier molecular flexibility index (Phi) is 3.29. The third-order valence-corrected chi connectivity index (χ3v) is 4.23. The number of halogens is 1. The average molecular weight is 308 g/mol. The van der Waals surface area contributed by atoms with Crippen molar-refractivity contribution in [3.05, 3.63) is 34.3 Å². The van der Waals surface area contributed by atoms with Gasteiger partial charge in [0, 0.05) is 10.5 Å². The number of aliphatic imine (C=N–C) groups is 1. The van der Waals surface area contributed by atoms with E-state index in [2.05, 4.69) is 50.5 Å². The molecular formula is C14H18BrN3. The largest absolute Gasteiger partial charge is 0.370 e. The lowest BCUT2D eigenvalue weighted by molar-refractivity contribution is 0.323. The highest BCUT2D eigenvalue weighted by Gasteiger charge is 2.31. The summed E-state index contributed by atoms with van der Waals surface area (Å²) in [6, 6.07) is 9.62. The first-order chi connectivity index (χ1) is 8.70. The lowest BCUT2D eigenvalue weighted by atomic mass is 9.76. The highest BCUT2D eigenvalue weighted by atomic mass is 79.9. The second kappa shape index (κ2) is 4.92. The molecule has 96 valence electrons. The Bertz CT molecular complexity index is 445. The fourth-order valence-electron chi connectivity index (χ4n) is 2.39. The lowest BCUT2D eigenvalue weighted by Gasteiger charge is -2.36. The van der Waals surface area contributed by atoms with E-state index >= 15 is 0 Å². The molecule has 2 saturated carbocycles. The van der Waals surface area contributed by atoms with Gasteiger partial charge in [-0.1, -0.05) is 28.1 Å². The molecule has 0 aliphatic heterocycles. The topological polar surface area (TPSA) is 50.4 Å². The quantitative estimate of drug-likeness (QED) is 0.666. The first kappa shape index (κ1) is 12.0. The van der Waals surface area contributed by atoms with Gasteiger partial charge < -0.3 is 11.1 Å². The summed E-state index contributed by atoms with van der Waals surface area (Å²) in [4.78, 5) is 4.40. The van der Waals surface area contributed by atoms with E-state index < -0.39 is 0 Å². The molecule has 2 fully saturated rings. The maximum absolute atomic E-state index is 5.86. The summed E-state index contributed by atoms with van der Waals surface area (Å²) in [6.45, 7) is 0. The van der Waals surface area contributed by atoms with Gasteiger partial charge in [-0.05, 0) is 49.3 Å². The fourth-order valence-corrected chi connectivity index (χ4v) is 2.65. The minimum atomic E-state index is 0.500. The van der Waals surface area contributed by atoms with Gasteiger partial charge in [0.25, 0.3) is 0 Å². The van der Waals surface area contributed by atoms with Crippen LogP contribution in [0.2, 0.25) is 0 Å². The van der Waals surface area contributed by atoms with Gasteiger partial charge >= 0.3 is 0 Å². The summed E-state index contributed by atoms with van der Waals surface area (Å²) in [5.74, 6) is 1.31. The van der Waals surface area contributed by atoms with Crippen LogP contribution in [-0.4, -0.2) is 18.0 Å². The third-order valence-electron chi connectivity index (χ3n) is 3.70. The summed E-state index contributed by atoms with van der Waals surface area (Å²) >= 11 is 3.46. The molecule has 0 heterocycles. The Balaban J connectivity index is 1.49. The van der Waals surface area contributed by atoms with Gasteiger partial charge in [-0.15, -0.1) is 0 Å². The molecule has 0 unspecified atom stereocenters. The van der Waals surface area contributed by atoms with Gasteiger partial charge in [-0.3, -0.25) is 4.99 Å². The van der Waals surface area contributed by atoms with Crippen LogP contribution in [0.25, 0.3) is 0 Å². The zero-order chi connectivity index (χ0) is 12.5. The van der Waals surface area contributed by atoms with Crippen molar-refractivity contribution in [2.45, 2.75) is 43.7 Å². The van der Waals surface area contributed by atoms with Crippen molar-refractivity contribution in [3.8, 4) is 0 Å².